The average molecular weight is 417 g/mol. The number of sulfonamides is 1. The zero-order valence-corrected chi connectivity index (χ0v) is 16.6. The number of benzene rings is 1. The van der Waals surface area contributed by atoms with E-state index in [1.807, 2.05) is 0 Å². The standard InChI is InChI=1S/C17H19N7O4S/c1-11-16(12(2)28-20-11)29(26,27)24-9-3-4-15(24)17(25)19-13-5-7-14(8-6-13)23-10-18-21-22-23/h5-8,10,15H,3-4,9H2,1-2H3,(H,19,25)/t15-/m0/s1. The lowest BCUT2D eigenvalue weighted by atomic mass is 10.2. The van der Waals surface area contributed by atoms with Gasteiger partial charge >= 0.3 is 0 Å². The normalized spacial score (nSPS) is 17.5. The van der Waals surface area contributed by atoms with E-state index in [0.29, 0.717) is 18.5 Å². The van der Waals surface area contributed by atoms with Crippen LogP contribution in [0.4, 0.5) is 5.69 Å². The monoisotopic (exact) mass is 417 g/mol. The number of nitrogens with one attached hydrogen (secondary N) is 1. The second kappa shape index (κ2) is 7.37. The number of carbonyl (C=O) groups excluding carboxylic acids is 1. The maximum atomic E-state index is 13.1. The first-order chi connectivity index (χ1) is 13.9. The van der Waals surface area contributed by atoms with Gasteiger partial charge in [-0.05, 0) is 61.4 Å². The lowest BCUT2D eigenvalue weighted by Crippen LogP contribution is -2.43. The van der Waals surface area contributed by atoms with Gasteiger partial charge in [0.25, 0.3) is 0 Å². The highest BCUT2D eigenvalue weighted by atomic mass is 32.2. The largest absolute Gasteiger partial charge is 0.360 e. The average Bonchev–Trinajstić information content (AvgIpc) is 3.43. The topological polar surface area (TPSA) is 136 Å². The molecule has 1 atom stereocenters. The van der Waals surface area contributed by atoms with E-state index in [4.69, 9.17) is 4.52 Å². The Kier molecular flexibility index (Phi) is 4.88. The van der Waals surface area contributed by atoms with Gasteiger partial charge in [0.1, 0.15) is 23.0 Å². The minimum atomic E-state index is -3.89. The fourth-order valence-electron chi connectivity index (χ4n) is 3.45. The zero-order valence-electron chi connectivity index (χ0n) is 15.8. The predicted octanol–water partition coefficient (Wildman–Crippen LogP) is 1.06. The van der Waals surface area contributed by atoms with Crippen molar-refractivity contribution in [2.45, 2.75) is 37.6 Å². The van der Waals surface area contributed by atoms with Gasteiger partial charge in [-0.3, -0.25) is 4.79 Å². The Balaban J connectivity index is 1.52. The molecule has 0 spiro atoms. The quantitative estimate of drug-likeness (QED) is 0.651. The summed E-state index contributed by atoms with van der Waals surface area (Å²) in [6.07, 6.45) is 2.50. The van der Waals surface area contributed by atoms with Crippen LogP contribution in [0.15, 0.2) is 40.0 Å². The molecule has 0 bridgehead atoms. The van der Waals surface area contributed by atoms with Gasteiger partial charge < -0.3 is 9.84 Å². The number of aryl methyl sites for hydroxylation is 2. The van der Waals surface area contributed by atoms with Gasteiger partial charge in [0.15, 0.2) is 5.76 Å². The molecule has 1 fully saturated rings. The van der Waals surface area contributed by atoms with Gasteiger partial charge in [-0.15, -0.1) is 5.10 Å². The van der Waals surface area contributed by atoms with E-state index in [1.54, 1.807) is 38.1 Å². The highest BCUT2D eigenvalue weighted by Crippen LogP contribution is 2.30. The third-order valence-corrected chi connectivity index (χ3v) is 6.94. The van der Waals surface area contributed by atoms with Gasteiger partial charge in [0, 0.05) is 12.2 Å². The van der Waals surface area contributed by atoms with Gasteiger partial charge in [-0.25, -0.2) is 13.1 Å². The maximum Gasteiger partial charge on any atom is 0.249 e. The molecule has 4 rings (SSSR count). The molecule has 1 aromatic carbocycles. The Hall–Kier alpha value is -3.12. The molecule has 29 heavy (non-hydrogen) atoms. The highest BCUT2D eigenvalue weighted by Gasteiger charge is 2.41. The van der Waals surface area contributed by atoms with Crippen LogP contribution in [-0.4, -0.2) is 56.6 Å². The Labute approximate surface area is 166 Å². The van der Waals surface area contributed by atoms with Crippen molar-refractivity contribution in [1.29, 1.82) is 0 Å². The fourth-order valence-corrected chi connectivity index (χ4v) is 5.40. The van der Waals surface area contributed by atoms with Crippen LogP contribution >= 0.6 is 0 Å². The van der Waals surface area contributed by atoms with Crippen molar-refractivity contribution in [1.82, 2.24) is 29.7 Å². The summed E-state index contributed by atoms with van der Waals surface area (Å²) in [5.41, 5.74) is 1.57. The Morgan fingerprint density at radius 2 is 2.00 bits per heavy atom. The first kappa shape index (κ1) is 19.2. The molecule has 0 unspecified atom stereocenters. The maximum absolute atomic E-state index is 13.1. The first-order valence-corrected chi connectivity index (χ1v) is 10.4. The summed E-state index contributed by atoms with van der Waals surface area (Å²) in [5, 5.41) is 17.5. The molecule has 0 aliphatic carbocycles. The first-order valence-electron chi connectivity index (χ1n) is 8.97. The van der Waals surface area contributed by atoms with E-state index < -0.39 is 16.1 Å². The third kappa shape index (κ3) is 3.51. The molecule has 1 saturated heterocycles. The van der Waals surface area contributed by atoms with Crippen molar-refractivity contribution in [2.24, 2.45) is 0 Å². The van der Waals surface area contributed by atoms with Crippen molar-refractivity contribution in [3.05, 3.63) is 42.0 Å². The van der Waals surface area contributed by atoms with Crippen molar-refractivity contribution >= 4 is 21.6 Å². The molecule has 1 amide bonds. The molecular formula is C17H19N7O4S. The number of nitrogens with zero attached hydrogens (tertiary/aromatic N) is 6. The van der Waals surface area contributed by atoms with E-state index in [9.17, 15) is 13.2 Å². The Morgan fingerprint density at radius 1 is 1.24 bits per heavy atom. The number of anilines is 1. The number of amides is 1. The van der Waals surface area contributed by atoms with Crippen LogP contribution in [0.1, 0.15) is 24.3 Å². The number of hydrogen-bond donors (Lipinski definition) is 1. The zero-order chi connectivity index (χ0) is 20.6. The number of carbonyl (C=O) groups is 1. The van der Waals surface area contributed by atoms with Crippen LogP contribution in [0.3, 0.4) is 0 Å². The summed E-state index contributed by atoms with van der Waals surface area (Å²) in [5.74, 6) is -0.167. The summed E-state index contributed by atoms with van der Waals surface area (Å²) < 4.78 is 33.9. The SMILES string of the molecule is Cc1noc(C)c1S(=O)(=O)N1CCC[C@H]1C(=O)Nc1ccc(-n2cnnn2)cc1. The predicted molar refractivity (Wildman–Crippen MR) is 101 cm³/mol. The third-order valence-electron chi connectivity index (χ3n) is 4.79. The lowest BCUT2D eigenvalue weighted by molar-refractivity contribution is -0.119. The molecule has 12 heteroatoms. The van der Waals surface area contributed by atoms with Gasteiger partial charge in [-0.2, -0.15) is 4.31 Å². The molecular weight excluding hydrogens is 398 g/mol. The smallest absolute Gasteiger partial charge is 0.249 e. The number of hydrogen-bond acceptors (Lipinski definition) is 8. The number of aromatic nitrogens is 5. The van der Waals surface area contributed by atoms with Crippen molar-refractivity contribution in [3.63, 3.8) is 0 Å². The van der Waals surface area contributed by atoms with Crippen LogP contribution in [0, 0.1) is 13.8 Å². The van der Waals surface area contributed by atoms with E-state index in [-0.39, 0.29) is 28.8 Å². The molecule has 152 valence electrons. The molecule has 3 heterocycles. The minimum Gasteiger partial charge on any atom is -0.360 e. The molecule has 1 aliphatic rings. The molecule has 3 aromatic rings. The van der Waals surface area contributed by atoms with Gasteiger partial charge in [0.2, 0.25) is 15.9 Å². The Morgan fingerprint density at radius 3 is 2.62 bits per heavy atom. The molecule has 1 aliphatic heterocycles. The summed E-state index contributed by atoms with van der Waals surface area (Å²) in [7, 11) is -3.89. The van der Waals surface area contributed by atoms with Crippen LogP contribution in [-0.2, 0) is 14.8 Å². The van der Waals surface area contributed by atoms with E-state index in [0.717, 1.165) is 5.69 Å². The fraction of sp³-hybridized carbons (Fsp3) is 0.353. The van der Waals surface area contributed by atoms with Gasteiger partial charge in [0.05, 0.1) is 5.69 Å². The van der Waals surface area contributed by atoms with E-state index >= 15 is 0 Å². The second-order valence-electron chi connectivity index (χ2n) is 6.72. The van der Waals surface area contributed by atoms with E-state index in [1.165, 1.54) is 15.3 Å². The van der Waals surface area contributed by atoms with Crippen molar-refractivity contribution in [3.8, 4) is 5.69 Å². The number of rotatable bonds is 5. The van der Waals surface area contributed by atoms with Gasteiger partial charge in [-0.1, -0.05) is 5.16 Å². The molecule has 11 nitrogen and oxygen atoms in total. The Bertz CT molecular complexity index is 1100. The van der Waals surface area contributed by atoms with Crippen molar-refractivity contribution in [2.75, 3.05) is 11.9 Å². The summed E-state index contributed by atoms with van der Waals surface area (Å²) >= 11 is 0. The van der Waals surface area contributed by atoms with Crippen LogP contribution in [0.5, 0.6) is 0 Å². The van der Waals surface area contributed by atoms with Crippen molar-refractivity contribution < 1.29 is 17.7 Å². The highest BCUT2D eigenvalue weighted by molar-refractivity contribution is 7.89. The van der Waals surface area contributed by atoms with Crippen LogP contribution < -0.4 is 5.32 Å². The minimum absolute atomic E-state index is 0.0306. The molecule has 2 aromatic heterocycles. The molecule has 0 saturated carbocycles. The summed E-state index contributed by atoms with van der Waals surface area (Å²) in [6.45, 7) is 3.38. The van der Waals surface area contributed by atoms with Crippen LogP contribution in [0.2, 0.25) is 0 Å². The van der Waals surface area contributed by atoms with E-state index in [2.05, 4.69) is 26.0 Å². The number of tetrazole rings is 1. The van der Waals surface area contributed by atoms with Crippen LogP contribution in [0.25, 0.3) is 5.69 Å². The summed E-state index contributed by atoms with van der Waals surface area (Å²) in [4.78, 5) is 12.9. The summed E-state index contributed by atoms with van der Waals surface area (Å²) in [6, 6.07) is 6.11. The molecule has 1 N–H and O–H groups in total. The second-order valence-corrected chi connectivity index (χ2v) is 8.54. The lowest BCUT2D eigenvalue weighted by Gasteiger charge is -2.23. The molecule has 0 radical (unpaired) electrons.